The van der Waals surface area contributed by atoms with Gasteiger partial charge in [0.25, 0.3) is 0 Å². The average Bonchev–Trinajstić information content (AvgIpc) is 3.17. The number of ether oxygens (including phenoxy) is 2. The molecule has 0 heterocycles. The lowest BCUT2D eigenvalue weighted by atomic mass is 10.1. The Morgan fingerprint density at radius 3 is 0.878 bits per heavy atom. The topological polar surface area (TPSA) is 41.9 Å². The van der Waals surface area contributed by atoms with Crippen molar-refractivity contribution in [3.8, 4) is 47.0 Å². The van der Waals surface area contributed by atoms with Gasteiger partial charge < -0.3 is 19.5 Å². The summed E-state index contributed by atoms with van der Waals surface area (Å²) >= 11 is 0. The van der Waals surface area contributed by atoms with Crippen LogP contribution in [0.1, 0.15) is 38.9 Å². The van der Waals surface area contributed by atoms with Crippen molar-refractivity contribution in [3.63, 3.8) is 0 Å². The zero-order valence-electron chi connectivity index (χ0n) is 27.3. The smallest absolute Gasteiger partial charge is 0.118 e. The first-order valence-corrected chi connectivity index (χ1v) is 15.7. The Kier molecular flexibility index (Phi) is 10.4. The molecule has 0 saturated heterocycles. The minimum Gasteiger partial charge on any atom is -0.497 e. The summed E-state index contributed by atoms with van der Waals surface area (Å²) < 4.78 is 10.5. The number of hydrogen-bond acceptors (Lipinski definition) is 4. The van der Waals surface area contributed by atoms with Crippen LogP contribution in [0.5, 0.6) is 11.5 Å². The van der Waals surface area contributed by atoms with Crippen molar-refractivity contribution in [2.45, 2.75) is 6.61 Å². The Labute approximate surface area is 288 Å². The maximum Gasteiger partial charge on any atom is 0.118 e. The summed E-state index contributed by atoms with van der Waals surface area (Å²) in [5, 5.41) is 9.30. The molecule has 4 nitrogen and oxygen atoms in total. The fourth-order valence-corrected chi connectivity index (χ4v) is 5.00. The minimum absolute atomic E-state index is 0.0192. The molecule has 6 aromatic rings. The molecule has 0 unspecified atom stereocenters. The van der Waals surface area contributed by atoms with Crippen LogP contribution < -0.4 is 14.4 Å². The lowest BCUT2D eigenvalue weighted by Gasteiger charge is -2.25. The largest absolute Gasteiger partial charge is 0.497 e. The first-order chi connectivity index (χ1) is 24.1. The van der Waals surface area contributed by atoms with E-state index >= 15 is 0 Å². The van der Waals surface area contributed by atoms with E-state index in [2.05, 4.69) is 76.8 Å². The molecule has 0 spiro atoms. The Bertz CT molecular complexity index is 1930. The van der Waals surface area contributed by atoms with Crippen LogP contribution in [0.4, 0.5) is 17.1 Å². The van der Waals surface area contributed by atoms with Gasteiger partial charge in [-0.3, -0.25) is 0 Å². The zero-order chi connectivity index (χ0) is 33.8. The number of hydrogen-bond donors (Lipinski definition) is 1. The second-order valence-electron chi connectivity index (χ2n) is 11.0. The zero-order valence-corrected chi connectivity index (χ0v) is 27.3. The third-order valence-electron chi connectivity index (χ3n) is 7.75. The van der Waals surface area contributed by atoms with Crippen LogP contribution in [-0.2, 0) is 6.61 Å². The Morgan fingerprint density at radius 2 is 0.633 bits per heavy atom. The van der Waals surface area contributed by atoms with Gasteiger partial charge in [-0.25, -0.2) is 0 Å². The van der Waals surface area contributed by atoms with Crippen molar-refractivity contribution >= 4 is 17.1 Å². The van der Waals surface area contributed by atoms with E-state index < -0.39 is 0 Å². The third-order valence-corrected chi connectivity index (χ3v) is 7.75. The number of nitrogens with zero attached hydrogens (tertiary/aromatic N) is 1. The molecule has 0 radical (unpaired) electrons. The van der Waals surface area contributed by atoms with Crippen LogP contribution in [0.15, 0.2) is 146 Å². The van der Waals surface area contributed by atoms with Gasteiger partial charge in [0.05, 0.1) is 20.8 Å². The summed E-state index contributed by atoms with van der Waals surface area (Å²) in [6.45, 7) is 0.0192. The molecule has 0 aliphatic heterocycles. The van der Waals surface area contributed by atoms with E-state index in [-0.39, 0.29) is 6.61 Å². The van der Waals surface area contributed by atoms with E-state index in [1.807, 2.05) is 109 Å². The van der Waals surface area contributed by atoms with Gasteiger partial charge in [-0.1, -0.05) is 47.7 Å². The molecule has 0 aliphatic rings. The van der Waals surface area contributed by atoms with E-state index in [4.69, 9.17) is 9.47 Å². The molecular formula is C45H33NO3. The standard InChI is InChI=1S/C45H33NO3/c1-48-44-29-19-38(20-30-44)7-5-36-15-25-42(26-16-36)46(41-23-13-35(14-24-41)4-3-34-9-11-40(33-47)12-10-34)43-27-17-37(18-28-43)6-8-39-21-31-45(49-2)32-22-39/h9-32,47H,33H2,1-2H3. The molecule has 4 heteroatoms. The second kappa shape index (κ2) is 15.8. The summed E-state index contributed by atoms with van der Waals surface area (Å²) in [6.07, 6.45) is 0. The number of rotatable bonds is 6. The van der Waals surface area contributed by atoms with Crippen LogP contribution in [0.25, 0.3) is 0 Å². The third kappa shape index (κ3) is 8.59. The summed E-state index contributed by atoms with van der Waals surface area (Å²) in [7, 11) is 3.31. The van der Waals surface area contributed by atoms with E-state index in [0.717, 1.165) is 67.5 Å². The molecular weight excluding hydrogens is 602 g/mol. The maximum atomic E-state index is 9.30. The average molecular weight is 636 g/mol. The Hall–Kier alpha value is -6.64. The summed E-state index contributed by atoms with van der Waals surface area (Å²) in [5.74, 6) is 21.1. The van der Waals surface area contributed by atoms with Crippen LogP contribution in [-0.4, -0.2) is 19.3 Å². The van der Waals surface area contributed by atoms with E-state index in [9.17, 15) is 5.11 Å². The number of aliphatic hydroxyl groups is 1. The molecule has 49 heavy (non-hydrogen) atoms. The van der Waals surface area contributed by atoms with Gasteiger partial charge in [0, 0.05) is 50.4 Å². The van der Waals surface area contributed by atoms with Gasteiger partial charge in [-0.05, 0) is 139 Å². The van der Waals surface area contributed by atoms with Crippen LogP contribution in [0.2, 0.25) is 0 Å². The molecule has 0 aliphatic carbocycles. The number of anilines is 3. The van der Waals surface area contributed by atoms with Gasteiger partial charge in [0.15, 0.2) is 0 Å². The highest BCUT2D eigenvalue weighted by molar-refractivity contribution is 5.77. The number of aliphatic hydroxyl groups excluding tert-OH is 1. The molecule has 6 aromatic carbocycles. The fourth-order valence-electron chi connectivity index (χ4n) is 5.00. The van der Waals surface area contributed by atoms with Gasteiger partial charge in [0.2, 0.25) is 0 Å². The van der Waals surface area contributed by atoms with Crippen molar-refractivity contribution in [2.75, 3.05) is 19.1 Å². The second-order valence-corrected chi connectivity index (χ2v) is 11.0. The molecule has 0 amide bonds. The van der Waals surface area contributed by atoms with Crippen molar-refractivity contribution in [1.82, 2.24) is 0 Å². The maximum absolute atomic E-state index is 9.30. The van der Waals surface area contributed by atoms with Crippen molar-refractivity contribution in [2.24, 2.45) is 0 Å². The highest BCUT2D eigenvalue weighted by atomic mass is 16.5. The fraction of sp³-hybridized carbons (Fsp3) is 0.0667. The van der Waals surface area contributed by atoms with E-state index in [1.165, 1.54) is 0 Å². The molecule has 0 bridgehead atoms. The lowest BCUT2D eigenvalue weighted by Crippen LogP contribution is -2.09. The van der Waals surface area contributed by atoms with E-state index in [0.29, 0.717) is 0 Å². The first kappa shape index (κ1) is 32.3. The van der Waals surface area contributed by atoms with Gasteiger partial charge >= 0.3 is 0 Å². The van der Waals surface area contributed by atoms with Crippen molar-refractivity contribution in [1.29, 1.82) is 0 Å². The SMILES string of the molecule is COc1ccc(C#Cc2ccc(N(c3ccc(C#Cc4ccc(CO)cc4)cc3)c3ccc(C#Cc4ccc(OC)cc4)cc3)cc2)cc1. The Morgan fingerprint density at radius 1 is 0.388 bits per heavy atom. The molecule has 0 aromatic heterocycles. The molecule has 1 N–H and O–H groups in total. The minimum atomic E-state index is 0.0192. The van der Waals surface area contributed by atoms with Crippen molar-refractivity contribution in [3.05, 3.63) is 185 Å². The normalized spacial score (nSPS) is 9.94. The van der Waals surface area contributed by atoms with Crippen LogP contribution >= 0.6 is 0 Å². The van der Waals surface area contributed by atoms with Crippen LogP contribution in [0.3, 0.4) is 0 Å². The number of benzene rings is 6. The molecule has 0 fully saturated rings. The van der Waals surface area contributed by atoms with Gasteiger partial charge in [0.1, 0.15) is 11.5 Å². The highest BCUT2D eigenvalue weighted by Crippen LogP contribution is 2.34. The summed E-state index contributed by atoms with van der Waals surface area (Å²) in [6, 6.07) is 47.8. The van der Waals surface area contributed by atoms with Crippen molar-refractivity contribution < 1.29 is 14.6 Å². The molecule has 0 saturated carbocycles. The monoisotopic (exact) mass is 635 g/mol. The quantitative estimate of drug-likeness (QED) is 0.186. The molecule has 236 valence electrons. The molecule has 6 rings (SSSR count). The lowest BCUT2D eigenvalue weighted by molar-refractivity contribution is 0.282. The highest BCUT2D eigenvalue weighted by Gasteiger charge is 2.12. The predicted molar refractivity (Wildman–Crippen MR) is 197 cm³/mol. The van der Waals surface area contributed by atoms with Gasteiger partial charge in [-0.15, -0.1) is 0 Å². The van der Waals surface area contributed by atoms with Crippen LogP contribution in [0, 0.1) is 35.5 Å². The van der Waals surface area contributed by atoms with E-state index in [1.54, 1.807) is 14.2 Å². The number of methoxy groups -OCH3 is 2. The predicted octanol–water partition coefficient (Wildman–Crippen LogP) is 8.87. The first-order valence-electron chi connectivity index (χ1n) is 15.7. The summed E-state index contributed by atoms with van der Waals surface area (Å²) in [5.41, 5.74) is 9.33. The van der Waals surface area contributed by atoms with Gasteiger partial charge in [-0.2, -0.15) is 0 Å². The Balaban J connectivity index is 1.27. The summed E-state index contributed by atoms with van der Waals surface area (Å²) in [4.78, 5) is 2.20. The molecule has 0 atom stereocenters.